The van der Waals surface area contributed by atoms with Crippen LogP contribution in [0.5, 0.6) is 0 Å². The molecule has 1 aromatic heterocycles. The van der Waals surface area contributed by atoms with Gasteiger partial charge in [-0.3, -0.25) is 4.79 Å². The van der Waals surface area contributed by atoms with Crippen LogP contribution in [0.25, 0.3) is 0 Å². The van der Waals surface area contributed by atoms with Gasteiger partial charge in [0.25, 0.3) is 5.92 Å². The molecular formula is C20H26F2N4O2. The van der Waals surface area contributed by atoms with E-state index in [9.17, 15) is 13.6 Å². The van der Waals surface area contributed by atoms with Crippen molar-refractivity contribution < 1.29 is 18.7 Å². The van der Waals surface area contributed by atoms with Crippen molar-refractivity contribution in [3.05, 3.63) is 11.3 Å². The lowest BCUT2D eigenvalue weighted by Crippen LogP contribution is -2.56. The molecule has 3 aliphatic heterocycles. The minimum absolute atomic E-state index is 0.0841. The van der Waals surface area contributed by atoms with E-state index in [1.165, 1.54) is 0 Å². The topological polar surface area (TPSA) is 69.6 Å². The molecule has 1 saturated carbocycles. The molecule has 6 nitrogen and oxygen atoms in total. The highest BCUT2D eigenvalue weighted by Crippen LogP contribution is 2.50. The van der Waals surface area contributed by atoms with Crippen LogP contribution in [0, 0.1) is 17.8 Å². The lowest BCUT2D eigenvalue weighted by atomic mass is 9.60. The molecule has 2 unspecified atom stereocenters. The average molecular weight is 392 g/mol. The molecule has 4 atom stereocenters. The normalized spacial score (nSPS) is 33.0. The molecule has 0 radical (unpaired) electrons. The van der Waals surface area contributed by atoms with Crippen LogP contribution < -0.4 is 9.80 Å². The van der Waals surface area contributed by atoms with Crippen molar-refractivity contribution in [3.8, 4) is 0 Å². The van der Waals surface area contributed by atoms with E-state index in [-0.39, 0.29) is 30.5 Å². The van der Waals surface area contributed by atoms with Crippen LogP contribution in [-0.4, -0.2) is 46.7 Å². The number of hydrogen-bond acceptors (Lipinski definition) is 5. The summed E-state index contributed by atoms with van der Waals surface area (Å²) in [5.74, 6) is -1.72. The summed E-state index contributed by atoms with van der Waals surface area (Å²) in [5, 5.41) is 9.14. The molecule has 1 N–H and O–H groups in total. The Kier molecular flexibility index (Phi) is 4.04. The number of halogens is 2. The second kappa shape index (κ2) is 6.26. The maximum Gasteiger partial charge on any atom is 0.303 e. The first-order valence-corrected chi connectivity index (χ1v) is 10.4. The number of anilines is 2. The molecule has 0 amide bonds. The van der Waals surface area contributed by atoms with Crippen LogP contribution in [0.15, 0.2) is 0 Å². The van der Waals surface area contributed by atoms with Gasteiger partial charge in [-0.05, 0) is 50.4 Å². The van der Waals surface area contributed by atoms with E-state index in [4.69, 9.17) is 10.1 Å². The smallest absolute Gasteiger partial charge is 0.303 e. The maximum atomic E-state index is 14.7. The molecule has 1 aromatic rings. The first kappa shape index (κ1) is 18.1. The quantitative estimate of drug-likeness (QED) is 0.849. The number of carbonyl (C=O) groups is 1. The Balaban J connectivity index is 1.49. The third-order valence-corrected chi connectivity index (χ3v) is 7.25. The third kappa shape index (κ3) is 2.75. The van der Waals surface area contributed by atoms with Gasteiger partial charge in [0.1, 0.15) is 11.5 Å². The number of hydrogen-bond donors (Lipinski definition) is 1. The minimum Gasteiger partial charge on any atom is -0.481 e. The Morgan fingerprint density at radius 3 is 2.64 bits per heavy atom. The number of rotatable bonds is 4. The predicted molar refractivity (Wildman–Crippen MR) is 99.8 cm³/mol. The highest BCUT2D eigenvalue weighted by Gasteiger charge is 2.49. The summed E-state index contributed by atoms with van der Waals surface area (Å²) in [5.41, 5.74) is 0.517. The van der Waals surface area contributed by atoms with Gasteiger partial charge in [-0.2, -0.15) is 13.8 Å². The molecule has 28 heavy (non-hydrogen) atoms. The molecule has 0 aromatic carbocycles. The van der Waals surface area contributed by atoms with Crippen molar-refractivity contribution in [3.63, 3.8) is 0 Å². The number of fused-ring (bicyclic) bond motifs is 3. The van der Waals surface area contributed by atoms with Crippen molar-refractivity contribution in [1.29, 1.82) is 0 Å². The monoisotopic (exact) mass is 392 g/mol. The average Bonchev–Trinajstić information content (AvgIpc) is 2.64. The van der Waals surface area contributed by atoms with Gasteiger partial charge in [0, 0.05) is 44.1 Å². The molecule has 8 heteroatoms. The van der Waals surface area contributed by atoms with E-state index in [0.29, 0.717) is 55.1 Å². The number of nitrogens with zero attached hydrogens (tertiary/aromatic N) is 4. The lowest BCUT2D eigenvalue weighted by molar-refractivity contribution is -0.141. The largest absolute Gasteiger partial charge is 0.481 e. The van der Waals surface area contributed by atoms with Crippen LogP contribution in [0.2, 0.25) is 0 Å². The predicted octanol–water partition coefficient (Wildman–Crippen LogP) is 3.05. The fourth-order valence-electron chi connectivity index (χ4n) is 5.50. The summed E-state index contributed by atoms with van der Waals surface area (Å²) in [7, 11) is 0. The Morgan fingerprint density at radius 2 is 2.04 bits per heavy atom. The molecule has 2 aliphatic carbocycles. The van der Waals surface area contributed by atoms with E-state index in [0.717, 1.165) is 19.4 Å². The Labute approximate surface area is 162 Å². The van der Waals surface area contributed by atoms with E-state index < -0.39 is 11.9 Å². The Morgan fingerprint density at radius 1 is 1.29 bits per heavy atom. The van der Waals surface area contributed by atoms with Crippen molar-refractivity contribution in [2.24, 2.45) is 17.8 Å². The Hall–Kier alpha value is -1.99. The van der Waals surface area contributed by atoms with Crippen LogP contribution >= 0.6 is 0 Å². The first-order chi connectivity index (χ1) is 13.3. The molecule has 4 heterocycles. The zero-order valence-corrected chi connectivity index (χ0v) is 16.1. The van der Waals surface area contributed by atoms with Gasteiger partial charge >= 0.3 is 5.97 Å². The minimum atomic E-state index is -2.90. The van der Waals surface area contributed by atoms with Crippen molar-refractivity contribution in [1.82, 2.24) is 9.97 Å². The van der Waals surface area contributed by atoms with Gasteiger partial charge < -0.3 is 14.9 Å². The zero-order chi connectivity index (χ0) is 19.6. The summed E-state index contributed by atoms with van der Waals surface area (Å²) in [4.78, 5) is 24.4. The lowest BCUT2D eigenvalue weighted by Gasteiger charge is -2.54. The van der Waals surface area contributed by atoms with Gasteiger partial charge in [0.2, 0.25) is 5.95 Å². The number of piperidine rings is 2. The van der Waals surface area contributed by atoms with Gasteiger partial charge in [-0.1, -0.05) is 0 Å². The van der Waals surface area contributed by atoms with Crippen LogP contribution in [0.4, 0.5) is 20.5 Å². The van der Waals surface area contributed by atoms with E-state index >= 15 is 0 Å². The van der Waals surface area contributed by atoms with Crippen molar-refractivity contribution >= 4 is 17.7 Å². The highest BCUT2D eigenvalue weighted by atomic mass is 19.3. The SMILES string of the molecule is CC1CCN1c1nc(N2C[C@H]3C[C@@H](C2)C3CC(=O)O)c2c(n1)C(F)(F)CCC2. The van der Waals surface area contributed by atoms with Crippen molar-refractivity contribution in [2.45, 2.75) is 57.4 Å². The fraction of sp³-hybridized carbons (Fsp3) is 0.750. The number of aromatic nitrogens is 2. The number of carboxylic acids is 1. The highest BCUT2D eigenvalue weighted by molar-refractivity contribution is 5.67. The summed E-state index contributed by atoms with van der Waals surface area (Å²) >= 11 is 0. The number of carboxylic acid groups (broad SMARTS) is 1. The molecule has 5 aliphatic rings. The van der Waals surface area contributed by atoms with E-state index in [1.807, 2.05) is 4.90 Å². The standard InChI is InChI=1S/C20H26F2N4O2/c1-11-4-6-26(11)19-23-17-14(3-2-5-20(17,21)22)18(24-19)25-9-12-7-13(10-25)15(12)8-16(27)28/h11-13,15H,2-10H2,1H3,(H,27,28)/t11?,12-,13+,15?. The summed E-state index contributed by atoms with van der Waals surface area (Å²) in [6, 6.07) is 0.276. The van der Waals surface area contributed by atoms with Gasteiger partial charge in [0.05, 0.1) is 0 Å². The molecule has 152 valence electrons. The van der Waals surface area contributed by atoms with Gasteiger partial charge in [0.15, 0.2) is 0 Å². The van der Waals surface area contributed by atoms with Gasteiger partial charge in [-0.15, -0.1) is 0 Å². The van der Waals surface area contributed by atoms with E-state index in [1.54, 1.807) is 0 Å². The molecular weight excluding hydrogens is 366 g/mol. The van der Waals surface area contributed by atoms with Gasteiger partial charge in [-0.25, -0.2) is 4.98 Å². The summed E-state index contributed by atoms with van der Waals surface area (Å²) in [6.07, 6.45) is 3.14. The maximum absolute atomic E-state index is 14.7. The molecule has 6 rings (SSSR count). The second-order valence-corrected chi connectivity index (χ2v) is 8.99. The fourth-order valence-corrected chi connectivity index (χ4v) is 5.50. The molecule has 0 spiro atoms. The van der Waals surface area contributed by atoms with Crippen molar-refractivity contribution in [2.75, 3.05) is 29.4 Å². The van der Waals surface area contributed by atoms with E-state index in [2.05, 4.69) is 16.8 Å². The number of aliphatic carboxylic acids is 1. The zero-order valence-electron chi connectivity index (χ0n) is 16.1. The van der Waals surface area contributed by atoms with Crippen LogP contribution in [-0.2, 0) is 17.1 Å². The summed E-state index contributed by atoms with van der Waals surface area (Å²) < 4.78 is 29.4. The number of alkyl halides is 2. The first-order valence-electron chi connectivity index (χ1n) is 10.4. The third-order valence-electron chi connectivity index (χ3n) is 7.25. The summed E-state index contributed by atoms with van der Waals surface area (Å²) in [6.45, 7) is 4.28. The Bertz CT molecular complexity index is 806. The van der Waals surface area contributed by atoms with Crippen LogP contribution in [0.1, 0.15) is 50.3 Å². The van der Waals surface area contributed by atoms with Crippen LogP contribution in [0.3, 0.4) is 0 Å². The second-order valence-electron chi connectivity index (χ2n) is 8.99. The molecule has 3 saturated heterocycles. The molecule has 4 fully saturated rings. The molecule has 2 bridgehead atoms.